The molecular weight excluding hydrogens is 538 g/mol. The summed E-state index contributed by atoms with van der Waals surface area (Å²) >= 11 is 0. The maximum absolute atomic E-state index is 14.1. The van der Waals surface area contributed by atoms with E-state index in [0.29, 0.717) is 18.9 Å². The van der Waals surface area contributed by atoms with Crippen molar-refractivity contribution in [3.05, 3.63) is 89.5 Å². The van der Waals surface area contributed by atoms with Crippen molar-refractivity contribution in [2.24, 2.45) is 5.92 Å². The van der Waals surface area contributed by atoms with Gasteiger partial charge in [-0.25, -0.2) is 8.42 Å². The van der Waals surface area contributed by atoms with Gasteiger partial charge in [0, 0.05) is 13.1 Å². The summed E-state index contributed by atoms with van der Waals surface area (Å²) in [6, 6.07) is 20.0. The zero-order valence-electron chi connectivity index (χ0n) is 24.8. The van der Waals surface area contributed by atoms with Crippen molar-refractivity contribution in [1.82, 2.24) is 10.2 Å². The number of nitrogens with one attached hydrogen (secondary N) is 1. The SMILES string of the molecule is CCOc1ccccc1N(CC(=O)N(Cc1ccccc1C)[C@H](C)C(=O)NCC(C)C)S(=O)(=O)c1ccc(C)cc1. The van der Waals surface area contributed by atoms with Crippen LogP contribution < -0.4 is 14.4 Å². The van der Waals surface area contributed by atoms with Crippen molar-refractivity contribution in [3.8, 4) is 5.75 Å². The van der Waals surface area contributed by atoms with Crippen LogP contribution in [0.2, 0.25) is 0 Å². The number of hydrogen-bond acceptors (Lipinski definition) is 5. The topological polar surface area (TPSA) is 96.0 Å². The standard InChI is InChI=1S/C32H41N3O5S/c1-7-40-30-15-11-10-14-29(30)35(41(38,39)28-18-16-24(4)17-19-28)22-31(36)34(21-27-13-9-8-12-25(27)5)26(6)32(37)33-20-23(2)3/h8-19,23,26H,7,20-22H2,1-6H3,(H,33,37)/t26-/m1/s1. The number of carbonyl (C=O) groups excluding carboxylic acids is 2. The van der Waals surface area contributed by atoms with Gasteiger partial charge in [-0.05, 0) is 69.0 Å². The molecular formula is C32H41N3O5S. The molecule has 41 heavy (non-hydrogen) atoms. The van der Waals surface area contributed by atoms with Gasteiger partial charge in [-0.15, -0.1) is 0 Å². The van der Waals surface area contributed by atoms with Crippen molar-refractivity contribution >= 4 is 27.5 Å². The van der Waals surface area contributed by atoms with Gasteiger partial charge in [-0.3, -0.25) is 13.9 Å². The molecule has 2 amide bonds. The Labute approximate surface area is 244 Å². The lowest BCUT2D eigenvalue weighted by Gasteiger charge is -2.32. The van der Waals surface area contributed by atoms with E-state index in [1.807, 2.05) is 58.9 Å². The maximum Gasteiger partial charge on any atom is 0.264 e. The number of hydrogen-bond donors (Lipinski definition) is 1. The van der Waals surface area contributed by atoms with Crippen molar-refractivity contribution in [3.63, 3.8) is 0 Å². The fourth-order valence-electron chi connectivity index (χ4n) is 4.30. The Hall–Kier alpha value is -3.85. The Morgan fingerprint density at radius 3 is 2.17 bits per heavy atom. The molecule has 0 heterocycles. The van der Waals surface area contributed by atoms with Gasteiger partial charge >= 0.3 is 0 Å². The summed E-state index contributed by atoms with van der Waals surface area (Å²) in [6.07, 6.45) is 0. The highest BCUT2D eigenvalue weighted by atomic mass is 32.2. The van der Waals surface area contributed by atoms with Crippen molar-refractivity contribution in [1.29, 1.82) is 0 Å². The van der Waals surface area contributed by atoms with Gasteiger partial charge in [0.1, 0.15) is 18.3 Å². The molecule has 0 aliphatic rings. The molecule has 3 rings (SSSR count). The quantitative estimate of drug-likeness (QED) is 0.305. The van der Waals surface area contributed by atoms with Gasteiger partial charge in [-0.2, -0.15) is 0 Å². The molecule has 0 radical (unpaired) electrons. The molecule has 0 saturated heterocycles. The van der Waals surface area contributed by atoms with Crippen LogP contribution in [-0.4, -0.2) is 50.9 Å². The molecule has 0 aliphatic carbocycles. The fourth-order valence-corrected chi connectivity index (χ4v) is 5.72. The minimum Gasteiger partial charge on any atom is -0.492 e. The molecule has 9 heteroatoms. The monoisotopic (exact) mass is 579 g/mol. The van der Waals surface area contributed by atoms with E-state index >= 15 is 0 Å². The average Bonchev–Trinajstić information content (AvgIpc) is 2.94. The molecule has 0 fully saturated rings. The van der Waals surface area contributed by atoms with Crippen LogP contribution in [0.25, 0.3) is 0 Å². The van der Waals surface area contributed by atoms with Crippen LogP contribution >= 0.6 is 0 Å². The van der Waals surface area contributed by atoms with Crippen LogP contribution in [-0.2, 0) is 26.2 Å². The number of rotatable bonds is 13. The molecule has 220 valence electrons. The molecule has 0 aromatic heterocycles. The van der Waals surface area contributed by atoms with Crippen LogP contribution in [0.5, 0.6) is 5.75 Å². The van der Waals surface area contributed by atoms with Gasteiger partial charge in [0.05, 0.1) is 17.2 Å². The zero-order chi connectivity index (χ0) is 30.2. The number of ether oxygens (including phenoxy) is 1. The Kier molecular flexibility index (Phi) is 10.9. The molecule has 0 spiro atoms. The van der Waals surface area contributed by atoms with Crippen molar-refractivity contribution in [2.45, 2.75) is 59.0 Å². The van der Waals surface area contributed by atoms with E-state index in [-0.39, 0.29) is 29.0 Å². The molecule has 0 saturated carbocycles. The number of para-hydroxylation sites is 2. The average molecular weight is 580 g/mol. The van der Waals surface area contributed by atoms with E-state index in [1.54, 1.807) is 43.3 Å². The molecule has 3 aromatic rings. The van der Waals surface area contributed by atoms with E-state index in [2.05, 4.69) is 5.32 Å². The minimum absolute atomic E-state index is 0.0513. The summed E-state index contributed by atoms with van der Waals surface area (Å²) in [7, 11) is -4.18. The Morgan fingerprint density at radius 1 is 0.902 bits per heavy atom. The lowest BCUT2D eigenvalue weighted by atomic mass is 10.1. The van der Waals surface area contributed by atoms with E-state index in [9.17, 15) is 18.0 Å². The maximum atomic E-state index is 14.1. The summed E-state index contributed by atoms with van der Waals surface area (Å²) in [4.78, 5) is 28.8. The number of amides is 2. The Bertz CT molecular complexity index is 1440. The first-order valence-corrected chi connectivity index (χ1v) is 15.3. The normalized spacial score (nSPS) is 12.1. The summed E-state index contributed by atoms with van der Waals surface area (Å²) in [6.45, 7) is 11.7. The number of anilines is 1. The number of benzene rings is 3. The number of nitrogens with zero attached hydrogens (tertiary/aromatic N) is 2. The van der Waals surface area contributed by atoms with E-state index in [1.165, 1.54) is 17.0 Å². The van der Waals surface area contributed by atoms with Crippen molar-refractivity contribution < 1.29 is 22.7 Å². The van der Waals surface area contributed by atoms with Gasteiger partial charge < -0.3 is 15.0 Å². The Balaban J connectivity index is 2.07. The lowest BCUT2D eigenvalue weighted by molar-refractivity contribution is -0.139. The third-order valence-corrected chi connectivity index (χ3v) is 8.55. The first-order valence-electron chi connectivity index (χ1n) is 13.9. The predicted molar refractivity (Wildman–Crippen MR) is 162 cm³/mol. The lowest BCUT2D eigenvalue weighted by Crippen LogP contribution is -2.51. The second-order valence-corrected chi connectivity index (χ2v) is 12.4. The highest BCUT2D eigenvalue weighted by molar-refractivity contribution is 7.92. The highest BCUT2D eigenvalue weighted by Gasteiger charge is 2.34. The smallest absolute Gasteiger partial charge is 0.264 e. The minimum atomic E-state index is -4.18. The van der Waals surface area contributed by atoms with Gasteiger partial charge in [0.15, 0.2) is 0 Å². The summed E-state index contributed by atoms with van der Waals surface area (Å²) in [5.41, 5.74) is 2.99. The number of sulfonamides is 1. The van der Waals surface area contributed by atoms with Gasteiger partial charge in [0.2, 0.25) is 11.8 Å². The largest absolute Gasteiger partial charge is 0.492 e. The van der Waals surface area contributed by atoms with Crippen LogP contribution in [0.1, 0.15) is 44.4 Å². The van der Waals surface area contributed by atoms with Crippen molar-refractivity contribution in [2.75, 3.05) is 24.0 Å². The predicted octanol–water partition coefficient (Wildman–Crippen LogP) is 5.09. The molecule has 8 nitrogen and oxygen atoms in total. The summed E-state index contributed by atoms with van der Waals surface area (Å²) in [5.74, 6) is -0.241. The fraction of sp³-hybridized carbons (Fsp3) is 0.375. The van der Waals surface area contributed by atoms with Crippen LogP contribution in [0.3, 0.4) is 0 Å². The van der Waals surface area contributed by atoms with E-state index in [4.69, 9.17) is 4.74 Å². The van der Waals surface area contributed by atoms with Gasteiger partial charge in [0.25, 0.3) is 10.0 Å². The zero-order valence-corrected chi connectivity index (χ0v) is 25.6. The van der Waals surface area contributed by atoms with E-state index < -0.39 is 28.5 Å². The number of aryl methyl sites for hydroxylation is 2. The first-order chi connectivity index (χ1) is 19.4. The molecule has 0 bridgehead atoms. The van der Waals surface area contributed by atoms with Crippen LogP contribution in [0.15, 0.2) is 77.7 Å². The van der Waals surface area contributed by atoms with Crippen LogP contribution in [0, 0.1) is 19.8 Å². The third kappa shape index (κ3) is 8.10. The van der Waals surface area contributed by atoms with Crippen LogP contribution in [0.4, 0.5) is 5.69 Å². The summed E-state index contributed by atoms with van der Waals surface area (Å²) in [5, 5.41) is 2.91. The first kappa shape index (κ1) is 31.7. The second kappa shape index (κ2) is 14.2. The summed E-state index contributed by atoms with van der Waals surface area (Å²) < 4.78 is 35.0. The molecule has 1 atom stereocenters. The molecule has 1 N–H and O–H groups in total. The van der Waals surface area contributed by atoms with Gasteiger partial charge in [-0.1, -0.05) is 67.9 Å². The number of carbonyl (C=O) groups is 2. The molecule has 3 aromatic carbocycles. The molecule has 0 unspecified atom stereocenters. The highest BCUT2D eigenvalue weighted by Crippen LogP contribution is 2.33. The molecule has 0 aliphatic heterocycles. The second-order valence-electron chi connectivity index (χ2n) is 10.5. The Morgan fingerprint density at radius 2 is 1.54 bits per heavy atom. The third-order valence-electron chi connectivity index (χ3n) is 6.78. The van der Waals surface area contributed by atoms with E-state index in [0.717, 1.165) is 21.0 Å².